The molecule has 0 aliphatic carbocycles. The Hall–Kier alpha value is -0.130. The fourth-order valence-electron chi connectivity index (χ4n) is 1.38. The Morgan fingerprint density at radius 2 is 1.93 bits per heavy atom. The van der Waals surface area contributed by atoms with Crippen LogP contribution in [0.25, 0.3) is 0 Å². The molecule has 0 saturated carbocycles. The predicted molar refractivity (Wildman–Crippen MR) is 62.1 cm³/mol. The first kappa shape index (κ1) is 14.9. The van der Waals surface area contributed by atoms with E-state index in [1.54, 1.807) is 0 Å². The molecule has 0 saturated heterocycles. The van der Waals surface area contributed by atoms with Crippen molar-refractivity contribution in [1.29, 1.82) is 0 Å². The highest BCUT2D eigenvalue weighted by atomic mass is 32.2. The first-order chi connectivity index (χ1) is 6.91. The van der Waals surface area contributed by atoms with Crippen LogP contribution in [0.5, 0.6) is 0 Å². The van der Waals surface area contributed by atoms with Gasteiger partial charge < -0.3 is 5.11 Å². The van der Waals surface area contributed by atoms with E-state index in [2.05, 4.69) is 4.72 Å². The topological polar surface area (TPSA) is 66.4 Å². The predicted octanol–water partition coefficient (Wildman–Crippen LogP) is 0.970. The van der Waals surface area contributed by atoms with Gasteiger partial charge in [-0.3, -0.25) is 0 Å². The lowest BCUT2D eigenvalue weighted by Crippen LogP contribution is -2.32. The maximum absolute atomic E-state index is 11.5. The number of nitrogens with one attached hydrogen (secondary N) is 1. The lowest BCUT2D eigenvalue weighted by molar-refractivity contribution is 0.254. The largest absolute Gasteiger partial charge is 0.396 e. The Morgan fingerprint density at radius 1 is 1.33 bits per heavy atom. The van der Waals surface area contributed by atoms with E-state index in [0.29, 0.717) is 13.0 Å². The van der Waals surface area contributed by atoms with Crippen molar-refractivity contribution in [2.45, 2.75) is 33.6 Å². The zero-order valence-electron chi connectivity index (χ0n) is 9.86. The molecule has 4 nitrogen and oxygen atoms in total. The summed E-state index contributed by atoms with van der Waals surface area (Å²) in [7, 11) is -3.14. The number of hydrogen-bond donors (Lipinski definition) is 2. The summed E-state index contributed by atoms with van der Waals surface area (Å²) in [6.45, 7) is 6.31. The molecule has 0 heterocycles. The van der Waals surface area contributed by atoms with Gasteiger partial charge in [-0.1, -0.05) is 27.2 Å². The molecule has 92 valence electrons. The van der Waals surface area contributed by atoms with Crippen LogP contribution >= 0.6 is 0 Å². The molecule has 0 fully saturated rings. The Labute approximate surface area is 93.1 Å². The molecule has 0 aromatic heterocycles. The van der Waals surface area contributed by atoms with Crippen LogP contribution in [0.2, 0.25) is 0 Å². The van der Waals surface area contributed by atoms with Crippen molar-refractivity contribution < 1.29 is 13.5 Å². The normalized spacial score (nSPS) is 14.5. The number of rotatable bonds is 8. The minimum absolute atomic E-state index is 0.115. The number of hydrogen-bond acceptors (Lipinski definition) is 3. The molecule has 0 radical (unpaired) electrons. The fourth-order valence-corrected chi connectivity index (χ4v) is 2.86. The number of aliphatic hydroxyl groups is 1. The van der Waals surface area contributed by atoms with Gasteiger partial charge in [0.15, 0.2) is 0 Å². The lowest BCUT2D eigenvalue weighted by atomic mass is 10.0. The Balaban J connectivity index is 4.01. The van der Waals surface area contributed by atoms with E-state index in [1.807, 2.05) is 20.8 Å². The second kappa shape index (κ2) is 7.19. The van der Waals surface area contributed by atoms with Crippen LogP contribution in [-0.4, -0.2) is 32.4 Å². The molecular weight excluding hydrogens is 214 g/mol. The fraction of sp³-hybridized carbons (Fsp3) is 1.00. The Bertz CT molecular complexity index is 249. The van der Waals surface area contributed by atoms with Crippen LogP contribution in [0.3, 0.4) is 0 Å². The third kappa shape index (κ3) is 7.76. The van der Waals surface area contributed by atoms with Gasteiger partial charge in [0.05, 0.1) is 5.75 Å². The summed E-state index contributed by atoms with van der Waals surface area (Å²) in [5.41, 5.74) is 0. The van der Waals surface area contributed by atoms with Crippen molar-refractivity contribution in [2.75, 3.05) is 18.9 Å². The summed E-state index contributed by atoms with van der Waals surface area (Å²) in [6.07, 6.45) is 1.53. The third-order valence-electron chi connectivity index (χ3n) is 2.26. The molecule has 1 atom stereocenters. The summed E-state index contributed by atoms with van der Waals surface area (Å²) in [4.78, 5) is 0. The van der Waals surface area contributed by atoms with Crippen molar-refractivity contribution in [3.63, 3.8) is 0 Å². The average molecular weight is 237 g/mol. The average Bonchev–Trinajstić information content (AvgIpc) is 2.10. The highest BCUT2D eigenvalue weighted by molar-refractivity contribution is 7.89. The monoisotopic (exact) mass is 237 g/mol. The van der Waals surface area contributed by atoms with E-state index < -0.39 is 10.0 Å². The molecule has 0 aliphatic heterocycles. The van der Waals surface area contributed by atoms with E-state index in [0.717, 1.165) is 6.42 Å². The second-order valence-electron chi connectivity index (χ2n) is 4.31. The highest BCUT2D eigenvalue weighted by Crippen LogP contribution is 2.07. The first-order valence-electron chi connectivity index (χ1n) is 5.49. The molecule has 0 rings (SSSR count). The summed E-state index contributed by atoms with van der Waals surface area (Å²) < 4.78 is 25.6. The second-order valence-corrected chi connectivity index (χ2v) is 6.16. The van der Waals surface area contributed by atoms with Gasteiger partial charge in [-0.15, -0.1) is 0 Å². The van der Waals surface area contributed by atoms with Gasteiger partial charge in [-0.25, -0.2) is 13.1 Å². The van der Waals surface area contributed by atoms with E-state index >= 15 is 0 Å². The quantitative estimate of drug-likeness (QED) is 0.661. The van der Waals surface area contributed by atoms with Gasteiger partial charge in [0.25, 0.3) is 0 Å². The molecule has 0 aromatic rings. The van der Waals surface area contributed by atoms with E-state index in [4.69, 9.17) is 5.11 Å². The minimum Gasteiger partial charge on any atom is -0.396 e. The van der Waals surface area contributed by atoms with Gasteiger partial charge in [0, 0.05) is 13.2 Å². The van der Waals surface area contributed by atoms with Crippen molar-refractivity contribution in [2.24, 2.45) is 11.8 Å². The van der Waals surface area contributed by atoms with Gasteiger partial charge in [0.2, 0.25) is 10.0 Å². The van der Waals surface area contributed by atoms with Crippen molar-refractivity contribution >= 4 is 10.0 Å². The van der Waals surface area contributed by atoms with Gasteiger partial charge >= 0.3 is 0 Å². The van der Waals surface area contributed by atoms with Gasteiger partial charge in [-0.05, 0) is 18.3 Å². The standard InChI is InChI=1S/C10H23NO3S/c1-4-10(5-6-12)7-11-15(13,14)8-9(2)3/h9-12H,4-8H2,1-3H3. The maximum atomic E-state index is 11.5. The SMILES string of the molecule is CCC(CCO)CNS(=O)(=O)CC(C)C. The molecule has 0 aromatic carbocycles. The molecule has 0 bridgehead atoms. The third-order valence-corrected chi connectivity index (χ3v) is 3.97. The maximum Gasteiger partial charge on any atom is 0.211 e. The number of aliphatic hydroxyl groups excluding tert-OH is 1. The molecule has 15 heavy (non-hydrogen) atoms. The van der Waals surface area contributed by atoms with Crippen LogP contribution in [0.1, 0.15) is 33.6 Å². The van der Waals surface area contributed by atoms with Crippen LogP contribution in [0.15, 0.2) is 0 Å². The van der Waals surface area contributed by atoms with Gasteiger partial charge in [0.1, 0.15) is 0 Å². The molecule has 1 unspecified atom stereocenters. The molecule has 0 aliphatic rings. The van der Waals surface area contributed by atoms with Gasteiger partial charge in [-0.2, -0.15) is 0 Å². The van der Waals surface area contributed by atoms with Crippen molar-refractivity contribution in [1.82, 2.24) is 4.72 Å². The lowest BCUT2D eigenvalue weighted by Gasteiger charge is -2.15. The Kier molecular flexibility index (Phi) is 7.13. The summed E-state index contributed by atoms with van der Waals surface area (Å²) in [5.74, 6) is 0.542. The number of sulfonamides is 1. The molecular formula is C10H23NO3S. The van der Waals surface area contributed by atoms with Crippen LogP contribution in [-0.2, 0) is 10.0 Å². The molecule has 2 N–H and O–H groups in total. The van der Waals surface area contributed by atoms with E-state index in [9.17, 15) is 8.42 Å². The van der Waals surface area contributed by atoms with Crippen LogP contribution < -0.4 is 4.72 Å². The molecule has 0 spiro atoms. The van der Waals surface area contributed by atoms with Crippen molar-refractivity contribution in [3.8, 4) is 0 Å². The molecule has 0 amide bonds. The Morgan fingerprint density at radius 3 is 2.33 bits per heavy atom. The zero-order valence-corrected chi connectivity index (χ0v) is 10.7. The van der Waals surface area contributed by atoms with Crippen molar-refractivity contribution in [3.05, 3.63) is 0 Å². The summed E-state index contributed by atoms with van der Waals surface area (Å²) in [6, 6.07) is 0. The van der Waals surface area contributed by atoms with Crippen LogP contribution in [0, 0.1) is 11.8 Å². The zero-order chi connectivity index (χ0) is 11.9. The molecule has 5 heteroatoms. The van der Waals surface area contributed by atoms with Crippen LogP contribution in [0.4, 0.5) is 0 Å². The van der Waals surface area contributed by atoms with E-state index in [-0.39, 0.29) is 24.2 Å². The summed E-state index contributed by atoms with van der Waals surface area (Å²) in [5, 5.41) is 8.77. The first-order valence-corrected chi connectivity index (χ1v) is 7.14. The smallest absolute Gasteiger partial charge is 0.211 e. The minimum atomic E-state index is -3.14. The summed E-state index contributed by atoms with van der Waals surface area (Å²) >= 11 is 0. The highest BCUT2D eigenvalue weighted by Gasteiger charge is 2.14. The van der Waals surface area contributed by atoms with E-state index in [1.165, 1.54) is 0 Å².